The van der Waals surface area contributed by atoms with Crippen molar-refractivity contribution in [3.8, 4) is 17.2 Å². The number of hydrogen-bond donors (Lipinski definition) is 1. The summed E-state index contributed by atoms with van der Waals surface area (Å²) in [7, 11) is 3.50. The number of rotatable bonds is 6. The fraction of sp³-hybridized carbons (Fsp3) is 0.278. The van der Waals surface area contributed by atoms with E-state index < -0.39 is 13.2 Å². The minimum absolute atomic E-state index is 0.104. The fourth-order valence-corrected chi connectivity index (χ4v) is 3.02. The van der Waals surface area contributed by atoms with Gasteiger partial charge >= 0.3 is 7.12 Å². The first kappa shape index (κ1) is 17.3. The molecule has 0 spiro atoms. The first-order valence-electron chi connectivity index (χ1n) is 7.84. The Bertz CT molecular complexity index is 766. The quantitative estimate of drug-likeness (QED) is 0.637. The van der Waals surface area contributed by atoms with Crippen molar-refractivity contribution in [2.45, 2.75) is 12.5 Å². The van der Waals surface area contributed by atoms with Crippen LogP contribution in [0.25, 0.3) is 0 Å². The summed E-state index contributed by atoms with van der Waals surface area (Å²) in [5.74, 6) is 1.11. The smallest absolute Gasteiger partial charge is 0.491 e. The van der Waals surface area contributed by atoms with E-state index in [1.807, 2.05) is 18.2 Å². The Morgan fingerprint density at radius 2 is 1.76 bits per heavy atom. The van der Waals surface area contributed by atoms with Gasteiger partial charge in [-0.25, -0.2) is 0 Å². The van der Waals surface area contributed by atoms with Crippen LogP contribution in [-0.4, -0.2) is 39.3 Å². The second-order valence-corrected chi connectivity index (χ2v) is 5.65. The van der Waals surface area contributed by atoms with Gasteiger partial charge in [0.1, 0.15) is 0 Å². The van der Waals surface area contributed by atoms with Gasteiger partial charge in [0.05, 0.1) is 27.4 Å². The lowest BCUT2D eigenvalue weighted by Gasteiger charge is -2.15. The van der Waals surface area contributed by atoms with Gasteiger partial charge in [-0.3, -0.25) is 4.79 Å². The Kier molecular flexibility index (Phi) is 4.97. The van der Waals surface area contributed by atoms with Crippen LogP contribution in [0.5, 0.6) is 17.2 Å². The molecule has 0 radical (unpaired) electrons. The van der Waals surface area contributed by atoms with Crippen molar-refractivity contribution in [3.63, 3.8) is 0 Å². The lowest BCUT2D eigenvalue weighted by Crippen LogP contribution is -2.27. The van der Waals surface area contributed by atoms with Gasteiger partial charge in [0.15, 0.2) is 17.3 Å². The Labute approximate surface area is 146 Å². The second-order valence-electron chi connectivity index (χ2n) is 5.65. The van der Waals surface area contributed by atoms with Crippen molar-refractivity contribution in [3.05, 3.63) is 47.5 Å². The maximum Gasteiger partial charge on any atom is 0.491 e. The van der Waals surface area contributed by atoms with Crippen LogP contribution in [0.2, 0.25) is 0 Å². The monoisotopic (exact) mass is 342 g/mol. The number of carbonyl (C=O) groups is 1. The molecule has 1 atom stereocenters. The summed E-state index contributed by atoms with van der Waals surface area (Å²) in [6.45, 7) is 0. The Hall–Kier alpha value is -2.51. The highest BCUT2D eigenvalue weighted by atomic mass is 16.5. The molecule has 2 aromatic rings. The molecule has 1 aliphatic rings. The predicted molar refractivity (Wildman–Crippen MR) is 92.9 cm³/mol. The van der Waals surface area contributed by atoms with Crippen molar-refractivity contribution in [2.24, 2.45) is 0 Å². The molecule has 2 aromatic carbocycles. The van der Waals surface area contributed by atoms with Crippen molar-refractivity contribution >= 4 is 18.4 Å². The molecule has 0 amide bonds. The van der Waals surface area contributed by atoms with E-state index >= 15 is 0 Å². The summed E-state index contributed by atoms with van der Waals surface area (Å²) < 4.78 is 21.4. The van der Waals surface area contributed by atoms with Crippen LogP contribution in [-0.2, 0) is 4.65 Å². The average Bonchev–Trinajstić information content (AvgIpc) is 2.96. The number of hydrogen-bond acceptors (Lipinski definition) is 6. The zero-order valence-corrected chi connectivity index (χ0v) is 14.3. The molecular weight excluding hydrogens is 323 g/mol. The van der Waals surface area contributed by atoms with E-state index in [0.717, 1.165) is 5.56 Å². The van der Waals surface area contributed by atoms with Crippen LogP contribution in [0.1, 0.15) is 28.4 Å². The van der Waals surface area contributed by atoms with Crippen LogP contribution in [0.3, 0.4) is 0 Å². The number of methoxy groups -OCH3 is 3. The molecule has 3 rings (SSSR count). The fourth-order valence-electron chi connectivity index (χ4n) is 3.02. The molecule has 1 heterocycles. The molecule has 1 aliphatic heterocycles. The SMILES string of the molecule is COc1cc(C(=O)CC2OB(O)c3ccccc32)cc(OC)c1OC. The highest BCUT2D eigenvalue weighted by molar-refractivity contribution is 6.61. The molecule has 0 aromatic heterocycles. The van der Waals surface area contributed by atoms with Gasteiger partial charge in [0.25, 0.3) is 0 Å². The summed E-state index contributed by atoms with van der Waals surface area (Å²) >= 11 is 0. The van der Waals surface area contributed by atoms with Gasteiger partial charge in [-0.1, -0.05) is 24.3 Å². The molecule has 0 fully saturated rings. The lowest BCUT2D eigenvalue weighted by atomic mass is 9.79. The van der Waals surface area contributed by atoms with Crippen LogP contribution >= 0.6 is 0 Å². The Morgan fingerprint density at radius 3 is 2.36 bits per heavy atom. The van der Waals surface area contributed by atoms with E-state index in [-0.39, 0.29) is 12.2 Å². The first-order valence-corrected chi connectivity index (χ1v) is 7.84. The third-order valence-electron chi connectivity index (χ3n) is 4.26. The highest BCUT2D eigenvalue weighted by Gasteiger charge is 2.35. The summed E-state index contributed by atoms with van der Waals surface area (Å²) in [4.78, 5) is 12.7. The molecular formula is C18H19BO6. The normalized spacial score (nSPS) is 15.7. The summed E-state index contributed by atoms with van der Waals surface area (Å²) in [5, 5.41) is 9.98. The highest BCUT2D eigenvalue weighted by Crippen LogP contribution is 2.39. The van der Waals surface area contributed by atoms with Gasteiger partial charge in [-0.15, -0.1) is 0 Å². The molecule has 0 saturated carbocycles. The predicted octanol–water partition coefficient (Wildman–Crippen LogP) is 1.74. The van der Waals surface area contributed by atoms with Crippen molar-refractivity contribution in [1.82, 2.24) is 0 Å². The molecule has 25 heavy (non-hydrogen) atoms. The van der Waals surface area contributed by atoms with E-state index in [1.54, 1.807) is 18.2 Å². The molecule has 0 bridgehead atoms. The zero-order chi connectivity index (χ0) is 18.0. The van der Waals surface area contributed by atoms with Gasteiger partial charge in [0.2, 0.25) is 5.75 Å². The largest absolute Gasteiger partial charge is 0.493 e. The standard InChI is InChI=1S/C18H19BO6/c1-22-16-8-11(9-17(23-2)18(16)24-3)14(20)10-15-12-6-4-5-7-13(12)19(21)25-15/h4-9,15,21H,10H2,1-3H3. The molecule has 1 N–H and O–H groups in total. The van der Waals surface area contributed by atoms with Crippen LogP contribution in [0, 0.1) is 0 Å². The number of ketones is 1. The topological polar surface area (TPSA) is 74.2 Å². The number of benzene rings is 2. The number of carbonyl (C=O) groups excluding carboxylic acids is 1. The molecule has 7 heteroatoms. The summed E-state index contributed by atoms with van der Waals surface area (Å²) in [6, 6.07) is 10.6. The Morgan fingerprint density at radius 1 is 1.12 bits per heavy atom. The third kappa shape index (κ3) is 3.20. The summed E-state index contributed by atoms with van der Waals surface area (Å²) in [5.41, 5.74) is 1.96. The maximum absolute atomic E-state index is 12.7. The lowest BCUT2D eigenvalue weighted by molar-refractivity contribution is 0.0901. The second kappa shape index (κ2) is 7.17. The van der Waals surface area contributed by atoms with E-state index in [1.165, 1.54) is 21.3 Å². The molecule has 0 aliphatic carbocycles. The van der Waals surface area contributed by atoms with E-state index in [2.05, 4.69) is 0 Å². The van der Waals surface area contributed by atoms with Crippen molar-refractivity contribution in [1.29, 1.82) is 0 Å². The van der Waals surface area contributed by atoms with Gasteiger partial charge < -0.3 is 23.9 Å². The van der Waals surface area contributed by atoms with Crippen LogP contribution in [0.15, 0.2) is 36.4 Å². The zero-order valence-electron chi connectivity index (χ0n) is 14.3. The van der Waals surface area contributed by atoms with E-state index in [4.69, 9.17) is 18.9 Å². The molecule has 1 unspecified atom stereocenters. The molecule has 0 saturated heterocycles. The summed E-state index contributed by atoms with van der Waals surface area (Å²) in [6.07, 6.45) is -0.384. The van der Waals surface area contributed by atoms with Crippen molar-refractivity contribution in [2.75, 3.05) is 21.3 Å². The Balaban J connectivity index is 1.87. The van der Waals surface area contributed by atoms with Gasteiger partial charge in [-0.05, 0) is 23.2 Å². The van der Waals surface area contributed by atoms with Gasteiger partial charge in [-0.2, -0.15) is 0 Å². The molecule has 130 valence electrons. The third-order valence-corrected chi connectivity index (χ3v) is 4.26. The number of ether oxygens (including phenoxy) is 3. The van der Waals surface area contributed by atoms with Gasteiger partial charge in [0, 0.05) is 12.0 Å². The number of fused-ring (bicyclic) bond motifs is 1. The minimum atomic E-state index is -1.01. The van der Waals surface area contributed by atoms with E-state index in [0.29, 0.717) is 28.3 Å². The van der Waals surface area contributed by atoms with Crippen LogP contribution in [0.4, 0.5) is 0 Å². The average molecular weight is 342 g/mol. The van der Waals surface area contributed by atoms with Crippen LogP contribution < -0.4 is 19.7 Å². The van der Waals surface area contributed by atoms with Crippen molar-refractivity contribution < 1.29 is 28.7 Å². The number of Topliss-reactive ketones (excluding diaryl/α,β-unsaturated/α-hetero) is 1. The minimum Gasteiger partial charge on any atom is -0.493 e. The van der Waals surface area contributed by atoms with E-state index in [9.17, 15) is 9.82 Å². The molecule has 6 nitrogen and oxygen atoms in total. The first-order chi connectivity index (χ1) is 12.1. The maximum atomic E-state index is 12.7.